The maximum Gasteiger partial charge on any atom is 0.169 e. The summed E-state index contributed by atoms with van der Waals surface area (Å²) in [6, 6.07) is 0. The van der Waals surface area contributed by atoms with Gasteiger partial charge >= 0.3 is 0 Å². The highest BCUT2D eigenvalue weighted by Crippen LogP contribution is 2.26. The number of hydrogen-bond acceptors (Lipinski definition) is 3. The van der Waals surface area contributed by atoms with Crippen molar-refractivity contribution < 1.29 is 14.4 Å². The molecule has 0 heterocycles. The van der Waals surface area contributed by atoms with Crippen LogP contribution in [0.4, 0.5) is 0 Å². The van der Waals surface area contributed by atoms with Crippen molar-refractivity contribution in [1.82, 2.24) is 0 Å². The summed E-state index contributed by atoms with van der Waals surface area (Å²) in [5.41, 5.74) is 0.457. The van der Waals surface area contributed by atoms with Crippen LogP contribution < -0.4 is 0 Å². The SMILES string of the molecule is CC1CCC(C)C(=O)/C(C=O)=C(/C=O)C1. The minimum atomic E-state index is -0.181. The number of carbonyl (C=O) groups excluding carboxylic acids is 3. The van der Waals surface area contributed by atoms with Gasteiger partial charge in [0.1, 0.15) is 6.29 Å². The fourth-order valence-electron chi connectivity index (χ4n) is 1.92. The molecule has 1 rings (SSSR count). The third-order valence-corrected chi connectivity index (χ3v) is 2.98. The Morgan fingerprint density at radius 1 is 1.13 bits per heavy atom. The Labute approximate surface area is 89.5 Å². The Bertz CT molecular complexity index is 315. The van der Waals surface area contributed by atoms with Gasteiger partial charge in [0, 0.05) is 11.5 Å². The molecule has 0 fully saturated rings. The quantitative estimate of drug-likeness (QED) is 0.512. The van der Waals surface area contributed by atoms with Crippen LogP contribution in [0, 0.1) is 11.8 Å². The number of Topliss-reactive ketones (excluding diaryl/α,β-unsaturated/α-hetero) is 1. The van der Waals surface area contributed by atoms with Crippen molar-refractivity contribution in [3.05, 3.63) is 11.1 Å². The molecule has 3 heteroatoms. The van der Waals surface area contributed by atoms with E-state index in [-0.39, 0.29) is 17.3 Å². The highest BCUT2D eigenvalue weighted by atomic mass is 16.1. The topological polar surface area (TPSA) is 51.2 Å². The maximum atomic E-state index is 11.8. The smallest absolute Gasteiger partial charge is 0.169 e. The van der Waals surface area contributed by atoms with Crippen molar-refractivity contribution >= 4 is 18.4 Å². The number of allylic oxidation sites excluding steroid dienone is 2. The first-order valence-electron chi connectivity index (χ1n) is 5.27. The zero-order chi connectivity index (χ0) is 11.4. The second-order valence-corrected chi connectivity index (χ2v) is 4.33. The molecule has 1 aliphatic rings. The van der Waals surface area contributed by atoms with Crippen molar-refractivity contribution in [2.45, 2.75) is 33.1 Å². The molecule has 0 radical (unpaired) electrons. The van der Waals surface area contributed by atoms with Gasteiger partial charge in [-0.15, -0.1) is 0 Å². The van der Waals surface area contributed by atoms with Crippen molar-refractivity contribution in [3.63, 3.8) is 0 Å². The summed E-state index contributed by atoms with van der Waals surface area (Å²) in [6.45, 7) is 3.85. The van der Waals surface area contributed by atoms with Crippen LogP contribution in [0.5, 0.6) is 0 Å². The Morgan fingerprint density at radius 3 is 2.33 bits per heavy atom. The molecule has 0 saturated heterocycles. The molecule has 0 aromatic heterocycles. The molecule has 0 aromatic carbocycles. The van der Waals surface area contributed by atoms with Crippen molar-refractivity contribution in [1.29, 1.82) is 0 Å². The minimum Gasteiger partial charge on any atom is -0.298 e. The van der Waals surface area contributed by atoms with Crippen LogP contribution in [-0.2, 0) is 14.4 Å². The van der Waals surface area contributed by atoms with Gasteiger partial charge in [-0.25, -0.2) is 0 Å². The van der Waals surface area contributed by atoms with E-state index in [0.717, 1.165) is 12.8 Å². The van der Waals surface area contributed by atoms with Gasteiger partial charge in [0.05, 0.1) is 5.57 Å². The second-order valence-electron chi connectivity index (χ2n) is 4.33. The van der Waals surface area contributed by atoms with Gasteiger partial charge in [0.2, 0.25) is 0 Å². The van der Waals surface area contributed by atoms with Crippen LogP contribution in [0.1, 0.15) is 33.1 Å². The third-order valence-electron chi connectivity index (χ3n) is 2.98. The summed E-state index contributed by atoms with van der Waals surface area (Å²) in [7, 11) is 0. The van der Waals surface area contributed by atoms with E-state index in [0.29, 0.717) is 30.5 Å². The van der Waals surface area contributed by atoms with E-state index < -0.39 is 0 Å². The van der Waals surface area contributed by atoms with Crippen LogP contribution >= 0.6 is 0 Å². The molecule has 82 valence electrons. The molecular weight excluding hydrogens is 192 g/mol. The first-order chi connectivity index (χ1) is 7.10. The average Bonchev–Trinajstić information content (AvgIpc) is 2.23. The lowest BCUT2D eigenvalue weighted by atomic mass is 9.83. The molecule has 0 saturated carbocycles. The first kappa shape index (κ1) is 11.8. The summed E-state index contributed by atoms with van der Waals surface area (Å²) >= 11 is 0. The monoisotopic (exact) mass is 208 g/mol. The molecule has 0 spiro atoms. The normalized spacial score (nSPS) is 33.1. The number of hydrogen-bond donors (Lipinski definition) is 0. The number of ketones is 1. The highest BCUT2D eigenvalue weighted by molar-refractivity contribution is 6.16. The molecule has 2 unspecified atom stereocenters. The lowest BCUT2D eigenvalue weighted by molar-refractivity contribution is -0.121. The molecule has 0 bridgehead atoms. The first-order valence-corrected chi connectivity index (χ1v) is 5.27. The predicted octanol–water partition coefficient (Wildman–Crippen LogP) is 1.71. The number of aldehydes is 2. The standard InChI is InChI=1S/C12H16O3/c1-8-3-4-9(2)12(15)11(7-14)10(5-8)6-13/h6-9H,3-5H2,1-2H3/b11-10+. The van der Waals surface area contributed by atoms with Gasteiger partial charge in [0.15, 0.2) is 12.1 Å². The van der Waals surface area contributed by atoms with Gasteiger partial charge in [-0.2, -0.15) is 0 Å². The van der Waals surface area contributed by atoms with Gasteiger partial charge in [-0.1, -0.05) is 13.8 Å². The van der Waals surface area contributed by atoms with Gasteiger partial charge in [0.25, 0.3) is 0 Å². The Hall–Kier alpha value is -1.25. The van der Waals surface area contributed by atoms with Crippen molar-refractivity contribution in [2.24, 2.45) is 11.8 Å². The van der Waals surface area contributed by atoms with E-state index >= 15 is 0 Å². The van der Waals surface area contributed by atoms with Crippen LogP contribution in [0.2, 0.25) is 0 Å². The second kappa shape index (κ2) is 5.01. The Balaban J connectivity index is 3.13. The van der Waals surface area contributed by atoms with E-state index in [1.165, 1.54) is 0 Å². The fraction of sp³-hybridized carbons (Fsp3) is 0.583. The van der Waals surface area contributed by atoms with Crippen LogP contribution in [0.15, 0.2) is 11.1 Å². The third kappa shape index (κ3) is 2.61. The number of carbonyl (C=O) groups is 3. The van der Waals surface area contributed by atoms with Crippen molar-refractivity contribution in [2.75, 3.05) is 0 Å². The Morgan fingerprint density at radius 2 is 1.80 bits per heavy atom. The van der Waals surface area contributed by atoms with Crippen LogP contribution in [-0.4, -0.2) is 18.4 Å². The number of rotatable bonds is 2. The fourth-order valence-corrected chi connectivity index (χ4v) is 1.92. The predicted molar refractivity (Wildman–Crippen MR) is 56.3 cm³/mol. The minimum absolute atomic E-state index is 0.0871. The van der Waals surface area contributed by atoms with E-state index in [1.54, 1.807) is 0 Å². The summed E-state index contributed by atoms with van der Waals surface area (Å²) < 4.78 is 0. The molecular formula is C12H16O3. The summed E-state index contributed by atoms with van der Waals surface area (Å²) in [4.78, 5) is 33.4. The zero-order valence-electron chi connectivity index (χ0n) is 9.16. The van der Waals surface area contributed by atoms with Gasteiger partial charge in [-0.3, -0.25) is 14.4 Å². The van der Waals surface area contributed by atoms with E-state index in [2.05, 4.69) is 0 Å². The molecule has 3 nitrogen and oxygen atoms in total. The molecule has 2 atom stereocenters. The van der Waals surface area contributed by atoms with Crippen LogP contribution in [0.3, 0.4) is 0 Å². The molecule has 0 aliphatic heterocycles. The summed E-state index contributed by atoms with van der Waals surface area (Å²) in [5.74, 6) is 0.0256. The van der Waals surface area contributed by atoms with Crippen LogP contribution in [0.25, 0.3) is 0 Å². The highest BCUT2D eigenvalue weighted by Gasteiger charge is 2.24. The molecule has 1 aliphatic carbocycles. The van der Waals surface area contributed by atoms with E-state index in [4.69, 9.17) is 0 Å². The van der Waals surface area contributed by atoms with E-state index in [9.17, 15) is 14.4 Å². The molecule has 0 aromatic rings. The lowest BCUT2D eigenvalue weighted by Gasteiger charge is -2.19. The summed E-state index contributed by atoms with van der Waals surface area (Å²) in [5, 5.41) is 0. The average molecular weight is 208 g/mol. The largest absolute Gasteiger partial charge is 0.298 e. The van der Waals surface area contributed by atoms with Gasteiger partial charge in [-0.05, 0) is 25.2 Å². The van der Waals surface area contributed by atoms with E-state index in [1.807, 2.05) is 13.8 Å². The lowest BCUT2D eigenvalue weighted by Crippen LogP contribution is -2.21. The van der Waals surface area contributed by atoms with Gasteiger partial charge < -0.3 is 0 Å². The molecule has 15 heavy (non-hydrogen) atoms. The molecule has 0 N–H and O–H groups in total. The van der Waals surface area contributed by atoms with Crippen molar-refractivity contribution in [3.8, 4) is 0 Å². The summed E-state index contributed by atoms with van der Waals surface area (Å²) in [6.07, 6.45) is 3.44. The zero-order valence-corrected chi connectivity index (χ0v) is 9.16. The Kier molecular flexibility index (Phi) is 3.95. The maximum absolute atomic E-state index is 11.8. The molecule has 0 amide bonds.